The van der Waals surface area contributed by atoms with Crippen LogP contribution in [-0.2, 0) is 0 Å². The number of carbonyl (C=O) groups is 1. The summed E-state index contributed by atoms with van der Waals surface area (Å²) < 4.78 is 5.73. The van der Waals surface area contributed by atoms with Crippen molar-refractivity contribution in [2.45, 2.75) is 46.1 Å². The SMILES string of the molecule is CCCCN(C(=O)c1cccc2c1OCCN2)C(C)CC. The van der Waals surface area contributed by atoms with Gasteiger partial charge >= 0.3 is 0 Å². The molecule has 1 amide bonds. The third kappa shape index (κ3) is 3.49. The molecule has 1 aliphatic rings. The molecule has 0 aromatic heterocycles. The molecule has 1 heterocycles. The van der Waals surface area contributed by atoms with Crippen LogP contribution in [0, 0.1) is 0 Å². The predicted molar refractivity (Wildman–Crippen MR) is 86.1 cm³/mol. The number of rotatable bonds is 6. The Labute approximate surface area is 127 Å². The first-order valence-electron chi connectivity index (χ1n) is 7.99. The van der Waals surface area contributed by atoms with Crippen LogP contribution in [0.3, 0.4) is 0 Å². The fraction of sp³-hybridized carbons (Fsp3) is 0.588. The zero-order chi connectivity index (χ0) is 15.2. The summed E-state index contributed by atoms with van der Waals surface area (Å²) >= 11 is 0. The molecule has 1 aromatic carbocycles. The van der Waals surface area contributed by atoms with Gasteiger partial charge in [-0.2, -0.15) is 0 Å². The van der Waals surface area contributed by atoms with Crippen LogP contribution in [0.4, 0.5) is 5.69 Å². The summed E-state index contributed by atoms with van der Waals surface area (Å²) in [5, 5.41) is 3.29. The minimum absolute atomic E-state index is 0.0818. The molecule has 116 valence electrons. The molecule has 0 radical (unpaired) electrons. The number of hydrogen-bond donors (Lipinski definition) is 1. The Morgan fingerprint density at radius 3 is 2.95 bits per heavy atom. The Bertz CT molecular complexity index is 488. The summed E-state index contributed by atoms with van der Waals surface area (Å²) in [5.41, 5.74) is 1.60. The van der Waals surface area contributed by atoms with Crippen molar-refractivity contribution in [1.82, 2.24) is 4.90 Å². The average Bonchev–Trinajstić information content (AvgIpc) is 2.54. The number of nitrogens with zero attached hydrogens (tertiary/aromatic N) is 1. The van der Waals surface area contributed by atoms with Crippen LogP contribution in [0.2, 0.25) is 0 Å². The number of benzene rings is 1. The number of carbonyl (C=O) groups excluding carboxylic acids is 1. The molecule has 4 nitrogen and oxygen atoms in total. The standard InChI is InChI=1S/C17H26N2O2/c1-4-6-11-19(13(3)5-2)17(20)14-8-7-9-15-16(14)21-12-10-18-15/h7-9,13,18H,4-6,10-12H2,1-3H3. The third-order valence-corrected chi connectivity index (χ3v) is 4.05. The molecule has 0 bridgehead atoms. The van der Waals surface area contributed by atoms with Crippen molar-refractivity contribution in [2.24, 2.45) is 0 Å². The lowest BCUT2D eigenvalue weighted by atomic mass is 10.1. The number of hydrogen-bond acceptors (Lipinski definition) is 3. The van der Waals surface area contributed by atoms with E-state index in [1.54, 1.807) is 0 Å². The molecule has 0 saturated heterocycles. The van der Waals surface area contributed by atoms with Gasteiger partial charge in [0.15, 0.2) is 5.75 Å². The number of amides is 1. The fourth-order valence-corrected chi connectivity index (χ4v) is 2.56. The van der Waals surface area contributed by atoms with Gasteiger partial charge in [-0.05, 0) is 31.9 Å². The molecule has 0 spiro atoms. The van der Waals surface area contributed by atoms with E-state index in [1.165, 1.54) is 0 Å². The number of fused-ring (bicyclic) bond motifs is 1. The molecule has 1 aliphatic heterocycles. The summed E-state index contributed by atoms with van der Waals surface area (Å²) in [6.07, 6.45) is 3.08. The van der Waals surface area contributed by atoms with Gasteiger partial charge in [-0.25, -0.2) is 0 Å². The van der Waals surface area contributed by atoms with Gasteiger partial charge in [0, 0.05) is 19.1 Å². The van der Waals surface area contributed by atoms with Gasteiger partial charge in [-0.3, -0.25) is 4.79 Å². The zero-order valence-corrected chi connectivity index (χ0v) is 13.3. The number of ether oxygens (including phenoxy) is 1. The van der Waals surface area contributed by atoms with Crippen molar-refractivity contribution in [1.29, 1.82) is 0 Å². The highest BCUT2D eigenvalue weighted by Crippen LogP contribution is 2.32. The van der Waals surface area contributed by atoms with Crippen LogP contribution >= 0.6 is 0 Å². The van der Waals surface area contributed by atoms with Gasteiger partial charge in [0.1, 0.15) is 6.61 Å². The number of unbranched alkanes of at least 4 members (excludes halogenated alkanes) is 1. The van der Waals surface area contributed by atoms with Crippen molar-refractivity contribution >= 4 is 11.6 Å². The van der Waals surface area contributed by atoms with Crippen LogP contribution in [-0.4, -0.2) is 36.5 Å². The maximum absolute atomic E-state index is 12.9. The summed E-state index contributed by atoms with van der Waals surface area (Å²) in [7, 11) is 0. The molecule has 0 aliphatic carbocycles. The Balaban J connectivity index is 2.28. The first-order chi connectivity index (χ1) is 10.2. The van der Waals surface area contributed by atoms with Crippen LogP contribution in [0.25, 0.3) is 0 Å². The highest BCUT2D eigenvalue weighted by Gasteiger charge is 2.25. The van der Waals surface area contributed by atoms with Crippen molar-refractivity contribution in [3.63, 3.8) is 0 Å². The zero-order valence-electron chi connectivity index (χ0n) is 13.3. The lowest BCUT2D eigenvalue weighted by molar-refractivity contribution is 0.0681. The first-order valence-corrected chi connectivity index (χ1v) is 7.99. The largest absolute Gasteiger partial charge is 0.489 e. The minimum Gasteiger partial charge on any atom is -0.489 e. The maximum Gasteiger partial charge on any atom is 0.257 e. The topological polar surface area (TPSA) is 41.6 Å². The highest BCUT2D eigenvalue weighted by molar-refractivity contribution is 5.99. The van der Waals surface area contributed by atoms with Gasteiger partial charge in [0.05, 0.1) is 11.3 Å². The van der Waals surface area contributed by atoms with Crippen molar-refractivity contribution in [2.75, 3.05) is 25.0 Å². The number of para-hydroxylation sites is 1. The molecule has 1 aromatic rings. The summed E-state index contributed by atoms with van der Waals surface area (Å²) in [5.74, 6) is 0.789. The van der Waals surface area contributed by atoms with Crippen LogP contribution in [0.1, 0.15) is 50.4 Å². The highest BCUT2D eigenvalue weighted by atomic mass is 16.5. The van der Waals surface area contributed by atoms with Crippen LogP contribution in [0.15, 0.2) is 18.2 Å². The van der Waals surface area contributed by atoms with Gasteiger partial charge in [0.2, 0.25) is 0 Å². The quantitative estimate of drug-likeness (QED) is 0.871. The molecular formula is C17H26N2O2. The molecule has 4 heteroatoms. The molecular weight excluding hydrogens is 264 g/mol. The molecule has 0 fully saturated rings. The normalized spacial score (nSPS) is 14.6. The van der Waals surface area contributed by atoms with E-state index in [2.05, 4.69) is 26.1 Å². The van der Waals surface area contributed by atoms with Gasteiger partial charge < -0.3 is 15.0 Å². The summed E-state index contributed by atoms with van der Waals surface area (Å²) in [6.45, 7) is 8.58. The van der Waals surface area contributed by atoms with Crippen molar-refractivity contribution < 1.29 is 9.53 Å². The van der Waals surface area contributed by atoms with Crippen LogP contribution < -0.4 is 10.1 Å². The first kappa shape index (κ1) is 15.7. The van der Waals surface area contributed by atoms with E-state index in [0.717, 1.165) is 38.0 Å². The lowest BCUT2D eigenvalue weighted by Gasteiger charge is -2.30. The molecule has 1 N–H and O–H groups in total. The van der Waals surface area contributed by atoms with E-state index >= 15 is 0 Å². The molecule has 21 heavy (non-hydrogen) atoms. The van der Waals surface area contributed by atoms with Gasteiger partial charge in [-0.15, -0.1) is 0 Å². The molecule has 2 rings (SSSR count). The second-order valence-electron chi connectivity index (χ2n) is 5.57. The molecule has 0 saturated carbocycles. The van der Waals surface area contributed by atoms with Gasteiger partial charge in [0.25, 0.3) is 5.91 Å². The summed E-state index contributed by atoms with van der Waals surface area (Å²) in [4.78, 5) is 14.9. The smallest absolute Gasteiger partial charge is 0.257 e. The fourth-order valence-electron chi connectivity index (χ4n) is 2.56. The summed E-state index contributed by atoms with van der Waals surface area (Å²) in [6, 6.07) is 6.00. The maximum atomic E-state index is 12.9. The number of nitrogens with one attached hydrogen (secondary N) is 1. The van der Waals surface area contributed by atoms with Gasteiger partial charge in [-0.1, -0.05) is 26.3 Å². The van der Waals surface area contributed by atoms with E-state index in [0.29, 0.717) is 17.9 Å². The molecule has 1 atom stereocenters. The minimum atomic E-state index is 0.0818. The lowest BCUT2D eigenvalue weighted by Crippen LogP contribution is -2.39. The van der Waals surface area contributed by atoms with E-state index in [-0.39, 0.29) is 11.9 Å². The van der Waals surface area contributed by atoms with Crippen LogP contribution in [0.5, 0.6) is 5.75 Å². The van der Waals surface area contributed by atoms with E-state index in [9.17, 15) is 4.79 Å². The Kier molecular flexibility index (Phi) is 5.48. The Hall–Kier alpha value is -1.71. The number of anilines is 1. The molecule has 1 unspecified atom stereocenters. The Morgan fingerprint density at radius 2 is 2.24 bits per heavy atom. The predicted octanol–water partition coefficient (Wildman–Crippen LogP) is 3.53. The Morgan fingerprint density at radius 1 is 1.43 bits per heavy atom. The second kappa shape index (κ2) is 7.34. The van der Waals surface area contributed by atoms with E-state index in [4.69, 9.17) is 4.74 Å². The van der Waals surface area contributed by atoms with Crippen molar-refractivity contribution in [3.05, 3.63) is 23.8 Å². The van der Waals surface area contributed by atoms with Crippen molar-refractivity contribution in [3.8, 4) is 5.75 Å². The second-order valence-corrected chi connectivity index (χ2v) is 5.57. The third-order valence-electron chi connectivity index (χ3n) is 4.05. The van der Waals surface area contributed by atoms with E-state index in [1.807, 2.05) is 23.1 Å². The van der Waals surface area contributed by atoms with E-state index < -0.39 is 0 Å². The monoisotopic (exact) mass is 290 g/mol. The average molecular weight is 290 g/mol.